The summed E-state index contributed by atoms with van der Waals surface area (Å²) in [5.74, 6) is 0.370. The van der Waals surface area contributed by atoms with Gasteiger partial charge in [-0.1, -0.05) is 30.3 Å². The first kappa shape index (κ1) is 14.5. The molecule has 2 aromatic carbocycles. The molecule has 1 unspecified atom stereocenters. The molecule has 1 heterocycles. The first-order valence-electron chi connectivity index (χ1n) is 7.10. The molecular formula is C17H17BrFNO. The van der Waals surface area contributed by atoms with Crippen molar-refractivity contribution in [2.45, 2.75) is 18.9 Å². The summed E-state index contributed by atoms with van der Waals surface area (Å²) in [5.41, 5.74) is 2.05. The van der Waals surface area contributed by atoms with E-state index in [1.165, 1.54) is 0 Å². The maximum atomic E-state index is 14.3. The van der Waals surface area contributed by atoms with Crippen LogP contribution in [0.2, 0.25) is 0 Å². The van der Waals surface area contributed by atoms with Crippen LogP contribution in [0, 0.1) is 5.82 Å². The number of benzene rings is 2. The summed E-state index contributed by atoms with van der Waals surface area (Å²) in [6.45, 7) is 2.27. The maximum absolute atomic E-state index is 14.3. The van der Waals surface area contributed by atoms with Gasteiger partial charge in [0.1, 0.15) is 6.61 Å². The summed E-state index contributed by atoms with van der Waals surface area (Å²) in [5, 5.41) is 3.30. The topological polar surface area (TPSA) is 21.3 Å². The van der Waals surface area contributed by atoms with Gasteiger partial charge in [0.15, 0.2) is 11.6 Å². The fraction of sp³-hybridized carbons (Fsp3) is 0.294. The number of ether oxygens (including phenoxy) is 1. The summed E-state index contributed by atoms with van der Waals surface area (Å²) < 4.78 is 20.6. The summed E-state index contributed by atoms with van der Waals surface area (Å²) >= 11 is 3.43. The molecule has 1 fully saturated rings. The molecule has 1 saturated heterocycles. The lowest BCUT2D eigenvalue weighted by atomic mass is 9.98. The van der Waals surface area contributed by atoms with Gasteiger partial charge in [0, 0.05) is 6.54 Å². The van der Waals surface area contributed by atoms with Crippen LogP contribution in [-0.2, 0) is 6.61 Å². The molecule has 110 valence electrons. The van der Waals surface area contributed by atoms with Crippen molar-refractivity contribution in [3.63, 3.8) is 0 Å². The number of rotatable bonds is 4. The first-order chi connectivity index (χ1) is 10.2. The standard InChI is InChI=1S/C17H17BrFNO/c18-15-8-14(13-6-7-20-10-13)9-16(19)17(15)21-11-12-4-2-1-3-5-12/h1-5,8-9,13,20H,6-7,10-11H2. The number of nitrogens with one attached hydrogen (secondary N) is 1. The van der Waals surface area contributed by atoms with Crippen LogP contribution in [0.3, 0.4) is 0 Å². The number of halogens is 2. The van der Waals surface area contributed by atoms with Gasteiger partial charge in [0.05, 0.1) is 4.47 Å². The Bertz CT molecular complexity index is 588. The lowest BCUT2D eigenvalue weighted by molar-refractivity contribution is 0.288. The molecule has 3 rings (SSSR count). The normalized spacial score (nSPS) is 17.9. The van der Waals surface area contributed by atoms with Gasteiger partial charge in [-0.25, -0.2) is 4.39 Å². The highest BCUT2D eigenvalue weighted by Crippen LogP contribution is 2.34. The van der Waals surface area contributed by atoms with Crippen molar-refractivity contribution in [2.24, 2.45) is 0 Å². The number of hydrogen-bond donors (Lipinski definition) is 1. The predicted molar refractivity (Wildman–Crippen MR) is 85.1 cm³/mol. The maximum Gasteiger partial charge on any atom is 0.169 e. The quantitative estimate of drug-likeness (QED) is 0.890. The van der Waals surface area contributed by atoms with Crippen molar-refractivity contribution in [3.8, 4) is 5.75 Å². The Labute approximate surface area is 132 Å². The Morgan fingerprint density at radius 3 is 2.71 bits per heavy atom. The molecule has 2 nitrogen and oxygen atoms in total. The van der Waals surface area contributed by atoms with Gasteiger partial charge >= 0.3 is 0 Å². The van der Waals surface area contributed by atoms with Gasteiger partial charge < -0.3 is 10.1 Å². The molecule has 0 aromatic heterocycles. The molecule has 0 spiro atoms. The second kappa shape index (κ2) is 6.58. The van der Waals surface area contributed by atoms with E-state index in [0.29, 0.717) is 17.0 Å². The highest BCUT2D eigenvalue weighted by atomic mass is 79.9. The van der Waals surface area contributed by atoms with Crippen LogP contribution in [0.15, 0.2) is 46.9 Å². The SMILES string of the molecule is Fc1cc(C2CCNC2)cc(Br)c1OCc1ccccc1. The van der Waals surface area contributed by atoms with Crippen LogP contribution in [0.4, 0.5) is 4.39 Å². The van der Waals surface area contributed by atoms with Gasteiger partial charge in [-0.2, -0.15) is 0 Å². The Balaban J connectivity index is 1.76. The highest BCUT2D eigenvalue weighted by molar-refractivity contribution is 9.10. The largest absolute Gasteiger partial charge is 0.485 e. The van der Waals surface area contributed by atoms with Gasteiger partial charge in [-0.3, -0.25) is 0 Å². The average Bonchev–Trinajstić information content (AvgIpc) is 3.01. The van der Waals surface area contributed by atoms with Crippen molar-refractivity contribution in [1.29, 1.82) is 0 Å². The van der Waals surface area contributed by atoms with Gasteiger partial charge in [-0.15, -0.1) is 0 Å². The predicted octanol–water partition coefficient (Wildman–Crippen LogP) is 4.24. The van der Waals surface area contributed by atoms with E-state index in [0.717, 1.165) is 30.6 Å². The highest BCUT2D eigenvalue weighted by Gasteiger charge is 2.20. The van der Waals surface area contributed by atoms with Crippen LogP contribution in [0.5, 0.6) is 5.75 Å². The lowest BCUT2D eigenvalue weighted by Gasteiger charge is -2.14. The van der Waals surface area contributed by atoms with Crippen molar-refractivity contribution >= 4 is 15.9 Å². The monoisotopic (exact) mass is 349 g/mol. The summed E-state index contributed by atoms with van der Waals surface area (Å²) in [6, 6.07) is 13.3. The van der Waals surface area contributed by atoms with E-state index in [1.807, 2.05) is 36.4 Å². The summed E-state index contributed by atoms with van der Waals surface area (Å²) in [6.07, 6.45) is 1.05. The molecule has 1 aliphatic rings. The molecule has 1 aliphatic heterocycles. The summed E-state index contributed by atoms with van der Waals surface area (Å²) in [7, 11) is 0. The second-order valence-corrected chi connectivity index (χ2v) is 6.13. The molecule has 2 aromatic rings. The molecule has 0 bridgehead atoms. The van der Waals surface area contributed by atoms with Gasteiger partial charge in [0.2, 0.25) is 0 Å². The Hall–Kier alpha value is -1.39. The summed E-state index contributed by atoms with van der Waals surface area (Å²) in [4.78, 5) is 0. The van der Waals surface area contributed by atoms with E-state index in [-0.39, 0.29) is 11.6 Å². The van der Waals surface area contributed by atoms with E-state index in [1.54, 1.807) is 6.07 Å². The van der Waals surface area contributed by atoms with Gasteiger partial charge in [0.25, 0.3) is 0 Å². The third kappa shape index (κ3) is 3.44. The minimum absolute atomic E-state index is 0.286. The van der Waals surface area contributed by atoms with Crippen LogP contribution in [0.1, 0.15) is 23.5 Å². The van der Waals surface area contributed by atoms with Crippen LogP contribution >= 0.6 is 15.9 Å². The minimum atomic E-state index is -0.304. The van der Waals surface area contributed by atoms with Crippen molar-refractivity contribution in [3.05, 3.63) is 63.9 Å². The zero-order valence-corrected chi connectivity index (χ0v) is 13.2. The third-order valence-corrected chi connectivity index (χ3v) is 4.37. The lowest BCUT2D eigenvalue weighted by Crippen LogP contribution is -2.08. The molecular weight excluding hydrogens is 333 g/mol. The number of hydrogen-bond acceptors (Lipinski definition) is 2. The second-order valence-electron chi connectivity index (χ2n) is 5.28. The van der Waals surface area contributed by atoms with Crippen LogP contribution < -0.4 is 10.1 Å². The van der Waals surface area contributed by atoms with E-state index < -0.39 is 0 Å². The van der Waals surface area contributed by atoms with E-state index >= 15 is 0 Å². The Morgan fingerprint density at radius 2 is 2.05 bits per heavy atom. The minimum Gasteiger partial charge on any atom is -0.485 e. The Kier molecular flexibility index (Phi) is 4.56. The Morgan fingerprint density at radius 1 is 1.24 bits per heavy atom. The smallest absolute Gasteiger partial charge is 0.169 e. The van der Waals surface area contributed by atoms with E-state index in [2.05, 4.69) is 21.2 Å². The van der Waals surface area contributed by atoms with E-state index in [9.17, 15) is 4.39 Å². The fourth-order valence-electron chi connectivity index (χ4n) is 2.62. The molecule has 4 heteroatoms. The average molecular weight is 350 g/mol. The zero-order valence-electron chi connectivity index (χ0n) is 11.6. The molecule has 0 amide bonds. The van der Waals surface area contributed by atoms with E-state index in [4.69, 9.17) is 4.74 Å². The van der Waals surface area contributed by atoms with Crippen LogP contribution in [0.25, 0.3) is 0 Å². The molecule has 0 saturated carbocycles. The molecule has 21 heavy (non-hydrogen) atoms. The molecule has 1 N–H and O–H groups in total. The van der Waals surface area contributed by atoms with Crippen molar-refractivity contribution < 1.29 is 9.13 Å². The zero-order chi connectivity index (χ0) is 14.7. The molecule has 1 atom stereocenters. The van der Waals surface area contributed by atoms with Crippen molar-refractivity contribution in [2.75, 3.05) is 13.1 Å². The molecule has 0 aliphatic carbocycles. The molecule has 0 radical (unpaired) electrons. The first-order valence-corrected chi connectivity index (χ1v) is 7.89. The third-order valence-electron chi connectivity index (χ3n) is 3.78. The fourth-order valence-corrected chi connectivity index (χ4v) is 3.19. The van der Waals surface area contributed by atoms with Crippen molar-refractivity contribution in [1.82, 2.24) is 5.32 Å². The van der Waals surface area contributed by atoms with Crippen LogP contribution in [-0.4, -0.2) is 13.1 Å². The van der Waals surface area contributed by atoms with Gasteiger partial charge in [-0.05, 0) is 58.1 Å².